The highest BCUT2D eigenvalue weighted by atomic mass is 19.1. The molecule has 17 heavy (non-hydrogen) atoms. The van der Waals surface area contributed by atoms with Crippen LogP contribution in [0.25, 0.3) is 11.1 Å². The smallest absolute Gasteiger partial charge is 0.133 e. The summed E-state index contributed by atoms with van der Waals surface area (Å²) < 4.78 is 27.3. The first kappa shape index (κ1) is 11.7. The van der Waals surface area contributed by atoms with E-state index in [1.165, 1.54) is 18.2 Å². The van der Waals surface area contributed by atoms with E-state index in [4.69, 9.17) is 5.73 Å². The third-order valence-corrected chi connectivity index (χ3v) is 2.76. The summed E-state index contributed by atoms with van der Waals surface area (Å²) in [5.41, 5.74) is 7.87. The molecule has 0 aliphatic carbocycles. The summed E-state index contributed by atoms with van der Waals surface area (Å²) in [5.74, 6) is -1.10. The number of aryl methyl sites for hydroxylation is 1. The highest BCUT2D eigenvalue weighted by Gasteiger charge is 2.12. The Morgan fingerprint density at radius 1 is 1.06 bits per heavy atom. The third-order valence-electron chi connectivity index (χ3n) is 2.76. The van der Waals surface area contributed by atoms with E-state index in [1.807, 2.05) is 13.0 Å². The zero-order valence-corrected chi connectivity index (χ0v) is 9.50. The lowest BCUT2D eigenvalue weighted by atomic mass is 9.97. The topological polar surface area (TPSA) is 26.0 Å². The maximum absolute atomic E-state index is 13.6. The Labute approximate surface area is 98.9 Å². The van der Waals surface area contributed by atoms with Crippen molar-refractivity contribution >= 4 is 0 Å². The van der Waals surface area contributed by atoms with Crippen molar-refractivity contribution in [2.45, 2.75) is 13.5 Å². The van der Waals surface area contributed by atoms with Gasteiger partial charge in [-0.1, -0.05) is 24.3 Å². The molecule has 0 atom stereocenters. The molecule has 0 heterocycles. The van der Waals surface area contributed by atoms with Crippen molar-refractivity contribution in [2.24, 2.45) is 5.73 Å². The number of hydrogen-bond donors (Lipinski definition) is 1. The van der Waals surface area contributed by atoms with Crippen molar-refractivity contribution in [3.05, 3.63) is 59.2 Å². The molecule has 0 aliphatic rings. The monoisotopic (exact) mass is 233 g/mol. The summed E-state index contributed by atoms with van der Waals surface area (Å²) in [4.78, 5) is 0. The summed E-state index contributed by atoms with van der Waals surface area (Å²) in [6.07, 6.45) is 0. The molecule has 0 unspecified atom stereocenters. The average molecular weight is 233 g/mol. The van der Waals surface area contributed by atoms with Crippen LogP contribution in [0.3, 0.4) is 0 Å². The number of halogens is 2. The average Bonchev–Trinajstić information content (AvgIpc) is 2.30. The molecule has 0 fully saturated rings. The lowest BCUT2D eigenvalue weighted by molar-refractivity contribution is 0.589. The zero-order valence-electron chi connectivity index (χ0n) is 9.50. The summed E-state index contributed by atoms with van der Waals surface area (Å²) in [7, 11) is 0. The molecule has 1 nitrogen and oxygen atoms in total. The molecule has 2 rings (SSSR count). The van der Waals surface area contributed by atoms with Crippen LogP contribution in [0.1, 0.15) is 11.1 Å². The van der Waals surface area contributed by atoms with Gasteiger partial charge in [0.2, 0.25) is 0 Å². The minimum atomic E-state index is -0.548. The van der Waals surface area contributed by atoms with E-state index in [0.717, 1.165) is 11.1 Å². The van der Waals surface area contributed by atoms with Gasteiger partial charge in [0.05, 0.1) is 5.56 Å². The van der Waals surface area contributed by atoms with Gasteiger partial charge in [-0.05, 0) is 35.7 Å². The van der Waals surface area contributed by atoms with Gasteiger partial charge in [0.15, 0.2) is 0 Å². The van der Waals surface area contributed by atoms with Gasteiger partial charge in [0, 0.05) is 6.54 Å². The zero-order chi connectivity index (χ0) is 12.4. The van der Waals surface area contributed by atoms with Crippen LogP contribution in [-0.2, 0) is 6.54 Å². The predicted molar refractivity (Wildman–Crippen MR) is 64.4 cm³/mol. The molecule has 0 spiro atoms. The highest BCUT2D eigenvalue weighted by Crippen LogP contribution is 2.29. The van der Waals surface area contributed by atoms with Crippen LogP contribution in [0, 0.1) is 18.6 Å². The Bertz CT molecular complexity index is 530. The first-order chi connectivity index (χ1) is 8.13. The lowest BCUT2D eigenvalue weighted by Gasteiger charge is -2.09. The molecule has 0 radical (unpaired) electrons. The molecule has 3 heteroatoms. The van der Waals surface area contributed by atoms with Crippen molar-refractivity contribution in [2.75, 3.05) is 0 Å². The second kappa shape index (κ2) is 4.63. The first-order valence-electron chi connectivity index (χ1n) is 5.37. The van der Waals surface area contributed by atoms with Crippen LogP contribution in [0.15, 0.2) is 36.4 Å². The largest absolute Gasteiger partial charge is 0.326 e. The van der Waals surface area contributed by atoms with E-state index < -0.39 is 11.6 Å². The number of benzene rings is 2. The highest BCUT2D eigenvalue weighted by molar-refractivity contribution is 5.68. The Balaban J connectivity index is 2.61. The van der Waals surface area contributed by atoms with Gasteiger partial charge in [0.1, 0.15) is 11.6 Å². The Kier molecular flexibility index (Phi) is 3.20. The van der Waals surface area contributed by atoms with Gasteiger partial charge in [0.25, 0.3) is 0 Å². The van der Waals surface area contributed by atoms with Gasteiger partial charge in [-0.3, -0.25) is 0 Å². The number of hydrogen-bond acceptors (Lipinski definition) is 1. The minimum Gasteiger partial charge on any atom is -0.326 e. The van der Waals surface area contributed by atoms with Crippen molar-refractivity contribution in [3.63, 3.8) is 0 Å². The summed E-state index contributed by atoms with van der Waals surface area (Å²) >= 11 is 0. The molecule has 2 aromatic carbocycles. The number of rotatable bonds is 2. The van der Waals surface area contributed by atoms with Crippen molar-refractivity contribution in [1.82, 2.24) is 0 Å². The van der Waals surface area contributed by atoms with Gasteiger partial charge in [-0.15, -0.1) is 0 Å². The summed E-state index contributed by atoms with van der Waals surface area (Å²) in [6.45, 7) is 2.24. The summed E-state index contributed by atoms with van der Waals surface area (Å²) in [6, 6.07) is 9.22. The van der Waals surface area contributed by atoms with E-state index in [2.05, 4.69) is 0 Å². The lowest BCUT2D eigenvalue weighted by Crippen LogP contribution is -1.98. The molecule has 0 saturated carbocycles. The van der Waals surface area contributed by atoms with E-state index in [0.29, 0.717) is 12.1 Å². The van der Waals surface area contributed by atoms with Crippen LogP contribution >= 0.6 is 0 Å². The maximum atomic E-state index is 13.6. The molecule has 0 bridgehead atoms. The fourth-order valence-corrected chi connectivity index (χ4v) is 1.89. The van der Waals surface area contributed by atoms with Gasteiger partial charge >= 0.3 is 0 Å². The second-order valence-electron chi connectivity index (χ2n) is 3.95. The van der Waals surface area contributed by atoms with Crippen LogP contribution in [0.2, 0.25) is 0 Å². The van der Waals surface area contributed by atoms with Crippen molar-refractivity contribution in [3.8, 4) is 11.1 Å². The van der Waals surface area contributed by atoms with Crippen molar-refractivity contribution < 1.29 is 8.78 Å². The van der Waals surface area contributed by atoms with E-state index in [-0.39, 0.29) is 5.56 Å². The third kappa shape index (κ3) is 2.19. The molecule has 2 aromatic rings. The fraction of sp³-hybridized carbons (Fsp3) is 0.143. The normalized spacial score (nSPS) is 10.6. The first-order valence-corrected chi connectivity index (χ1v) is 5.37. The SMILES string of the molecule is Cc1cc(CN)ccc1-c1c(F)cccc1F. The molecule has 0 aliphatic heterocycles. The molecule has 2 N–H and O–H groups in total. The van der Waals surface area contributed by atoms with E-state index in [9.17, 15) is 8.78 Å². The van der Waals surface area contributed by atoms with Crippen LogP contribution in [0.5, 0.6) is 0 Å². The summed E-state index contributed by atoms with van der Waals surface area (Å²) in [5, 5.41) is 0. The minimum absolute atomic E-state index is 0.0218. The Morgan fingerprint density at radius 2 is 1.71 bits per heavy atom. The molecule has 88 valence electrons. The quantitative estimate of drug-likeness (QED) is 0.845. The van der Waals surface area contributed by atoms with Gasteiger partial charge < -0.3 is 5.73 Å². The fourth-order valence-electron chi connectivity index (χ4n) is 1.89. The van der Waals surface area contributed by atoms with E-state index in [1.54, 1.807) is 12.1 Å². The predicted octanol–water partition coefficient (Wildman–Crippen LogP) is 3.40. The van der Waals surface area contributed by atoms with Crippen molar-refractivity contribution in [1.29, 1.82) is 0 Å². The molecular formula is C14H13F2N. The van der Waals surface area contributed by atoms with Gasteiger partial charge in [-0.25, -0.2) is 8.78 Å². The van der Waals surface area contributed by atoms with Crippen LogP contribution in [0.4, 0.5) is 8.78 Å². The molecular weight excluding hydrogens is 220 g/mol. The Hall–Kier alpha value is -1.74. The molecule has 0 amide bonds. The molecule has 0 aromatic heterocycles. The standard InChI is InChI=1S/C14H13F2N/c1-9-7-10(8-17)5-6-11(9)14-12(15)3-2-4-13(14)16/h2-7H,8,17H2,1H3. The van der Waals surface area contributed by atoms with Crippen LogP contribution < -0.4 is 5.73 Å². The van der Waals surface area contributed by atoms with Gasteiger partial charge in [-0.2, -0.15) is 0 Å². The molecule has 0 saturated heterocycles. The maximum Gasteiger partial charge on any atom is 0.133 e. The second-order valence-corrected chi connectivity index (χ2v) is 3.95. The number of nitrogens with two attached hydrogens (primary N) is 1. The van der Waals surface area contributed by atoms with Crippen LogP contribution in [-0.4, -0.2) is 0 Å². The Morgan fingerprint density at radius 3 is 2.24 bits per heavy atom. The van der Waals surface area contributed by atoms with E-state index >= 15 is 0 Å².